The van der Waals surface area contributed by atoms with Crippen molar-refractivity contribution in [2.45, 2.75) is 13.0 Å². The number of carbonyl (C=O) groups excluding carboxylic acids is 1. The van der Waals surface area contributed by atoms with Crippen LogP contribution in [0.1, 0.15) is 22.3 Å². The van der Waals surface area contributed by atoms with Gasteiger partial charge in [0.15, 0.2) is 11.5 Å². The Kier molecular flexibility index (Phi) is 5.85. The van der Waals surface area contributed by atoms with Gasteiger partial charge < -0.3 is 19.7 Å². The Morgan fingerprint density at radius 3 is 2.78 bits per heavy atom. The molecule has 0 atom stereocenters. The average Bonchev–Trinajstić information content (AvgIpc) is 3.18. The van der Waals surface area contributed by atoms with Crippen LogP contribution in [0.3, 0.4) is 0 Å². The van der Waals surface area contributed by atoms with E-state index in [4.69, 9.17) is 9.47 Å². The summed E-state index contributed by atoms with van der Waals surface area (Å²) in [6.45, 7) is 4.99. The summed E-state index contributed by atoms with van der Waals surface area (Å²) in [6.07, 6.45) is 6.52. The molecule has 5 rings (SSSR count). The molecule has 1 N–H and O–H groups in total. The summed E-state index contributed by atoms with van der Waals surface area (Å²) >= 11 is 0. The number of fused-ring (bicyclic) bond motifs is 1. The van der Waals surface area contributed by atoms with E-state index in [0.717, 1.165) is 45.0 Å². The van der Waals surface area contributed by atoms with Gasteiger partial charge in [-0.15, -0.1) is 0 Å². The SMILES string of the molecule is O=C(Nc1ccc(N2CCCN(Cc3cccnc3)CC2)nc1)c1ccc2c(c1)OCO2. The van der Waals surface area contributed by atoms with Gasteiger partial charge in [0.1, 0.15) is 5.82 Å². The molecule has 0 radical (unpaired) electrons. The van der Waals surface area contributed by atoms with Crippen molar-refractivity contribution in [2.75, 3.05) is 43.2 Å². The Balaban J connectivity index is 1.18. The number of rotatable bonds is 5. The zero-order chi connectivity index (χ0) is 21.8. The number of nitrogens with one attached hydrogen (secondary N) is 1. The molecule has 8 nitrogen and oxygen atoms in total. The molecule has 2 aliphatic rings. The van der Waals surface area contributed by atoms with E-state index in [2.05, 4.69) is 31.2 Å². The molecule has 1 fully saturated rings. The Morgan fingerprint density at radius 2 is 1.94 bits per heavy atom. The molecule has 164 valence electrons. The third-order valence-electron chi connectivity index (χ3n) is 5.68. The van der Waals surface area contributed by atoms with E-state index >= 15 is 0 Å². The average molecular weight is 431 g/mol. The van der Waals surface area contributed by atoms with Crippen LogP contribution in [0.25, 0.3) is 0 Å². The predicted octanol–water partition coefficient (Wildman–Crippen LogP) is 3.17. The fourth-order valence-corrected chi connectivity index (χ4v) is 4.00. The van der Waals surface area contributed by atoms with Gasteiger partial charge in [-0.25, -0.2) is 4.98 Å². The minimum Gasteiger partial charge on any atom is -0.454 e. The molecule has 3 aromatic rings. The van der Waals surface area contributed by atoms with Crippen molar-refractivity contribution in [2.24, 2.45) is 0 Å². The maximum Gasteiger partial charge on any atom is 0.255 e. The van der Waals surface area contributed by atoms with Crippen molar-refractivity contribution in [3.63, 3.8) is 0 Å². The summed E-state index contributed by atoms with van der Waals surface area (Å²) < 4.78 is 10.6. The molecular formula is C24H25N5O3. The number of ether oxygens (including phenoxy) is 2. The van der Waals surface area contributed by atoms with E-state index in [9.17, 15) is 4.79 Å². The molecule has 1 saturated heterocycles. The molecule has 2 aromatic heterocycles. The van der Waals surface area contributed by atoms with Crippen LogP contribution in [-0.4, -0.2) is 53.7 Å². The summed E-state index contributed by atoms with van der Waals surface area (Å²) in [5.74, 6) is 1.96. The lowest BCUT2D eigenvalue weighted by atomic mass is 10.2. The molecule has 1 amide bonds. The maximum atomic E-state index is 12.6. The topological polar surface area (TPSA) is 79.8 Å². The minimum atomic E-state index is -0.210. The minimum absolute atomic E-state index is 0.184. The summed E-state index contributed by atoms with van der Waals surface area (Å²) in [5, 5.41) is 2.90. The van der Waals surface area contributed by atoms with Crippen molar-refractivity contribution in [1.29, 1.82) is 0 Å². The molecule has 4 heterocycles. The van der Waals surface area contributed by atoms with E-state index in [0.29, 0.717) is 22.7 Å². The first-order valence-electron chi connectivity index (χ1n) is 10.8. The van der Waals surface area contributed by atoms with Crippen LogP contribution in [0.4, 0.5) is 11.5 Å². The van der Waals surface area contributed by atoms with E-state index in [1.54, 1.807) is 30.6 Å². The lowest BCUT2D eigenvalue weighted by Gasteiger charge is -2.23. The summed E-state index contributed by atoms with van der Waals surface area (Å²) in [6, 6.07) is 13.1. The second-order valence-electron chi connectivity index (χ2n) is 7.91. The van der Waals surface area contributed by atoms with Crippen molar-refractivity contribution in [3.8, 4) is 11.5 Å². The number of aromatic nitrogens is 2. The number of nitrogens with zero attached hydrogens (tertiary/aromatic N) is 4. The Hall–Kier alpha value is -3.65. The first-order valence-corrected chi connectivity index (χ1v) is 10.8. The van der Waals surface area contributed by atoms with Gasteiger partial charge in [-0.3, -0.25) is 14.7 Å². The summed E-state index contributed by atoms with van der Waals surface area (Å²) in [4.78, 5) is 26.1. The van der Waals surface area contributed by atoms with E-state index in [1.807, 2.05) is 24.4 Å². The number of anilines is 2. The maximum absolute atomic E-state index is 12.6. The highest BCUT2D eigenvalue weighted by molar-refractivity contribution is 6.04. The molecule has 0 unspecified atom stereocenters. The second-order valence-corrected chi connectivity index (χ2v) is 7.91. The first-order chi connectivity index (χ1) is 15.7. The Labute approximate surface area is 186 Å². The quantitative estimate of drug-likeness (QED) is 0.665. The molecule has 32 heavy (non-hydrogen) atoms. The van der Waals surface area contributed by atoms with Gasteiger partial charge in [-0.2, -0.15) is 0 Å². The van der Waals surface area contributed by atoms with Crippen LogP contribution in [0.15, 0.2) is 61.1 Å². The lowest BCUT2D eigenvalue weighted by molar-refractivity contribution is 0.102. The number of carbonyl (C=O) groups is 1. The predicted molar refractivity (Wildman–Crippen MR) is 121 cm³/mol. The number of amides is 1. The molecule has 0 saturated carbocycles. The van der Waals surface area contributed by atoms with Gasteiger partial charge in [0.05, 0.1) is 11.9 Å². The monoisotopic (exact) mass is 431 g/mol. The highest BCUT2D eigenvalue weighted by Gasteiger charge is 2.18. The molecule has 0 spiro atoms. The van der Waals surface area contributed by atoms with Crippen LogP contribution >= 0.6 is 0 Å². The fraction of sp³-hybridized carbons (Fsp3) is 0.292. The number of benzene rings is 1. The highest BCUT2D eigenvalue weighted by atomic mass is 16.7. The molecule has 1 aromatic carbocycles. The summed E-state index contributed by atoms with van der Waals surface area (Å²) in [7, 11) is 0. The third-order valence-corrected chi connectivity index (χ3v) is 5.68. The molecular weight excluding hydrogens is 406 g/mol. The van der Waals surface area contributed by atoms with Crippen molar-refractivity contribution in [3.05, 3.63) is 72.2 Å². The highest BCUT2D eigenvalue weighted by Crippen LogP contribution is 2.32. The number of hydrogen-bond donors (Lipinski definition) is 1. The van der Waals surface area contributed by atoms with Gasteiger partial charge in [-0.1, -0.05) is 6.07 Å². The first kappa shape index (κ1) is 20.3. The van der Waals surface area contributed by atoms with Crippen LogP contribution in [0.5, 0.6) is 11.5 Å². The number of hydrogen-bond acceptors (Lipinski definition) is 7. The van der Waals surface area contributed by atoms with Gasteiger partial charge in [0.25, 0.3) is 5.91 Å². The molecule has 0 bridgehead atoms. The Morgan fingerprint density at radius 1 is 1.00 bits per heavy atom. The smallest absolute Gasteiger partial charge is 0.255 e. The normalized spacial score (nSPS) is 15.9. The standard InChI is InChI=1S/C24H25N5O3/c30-24(19-4-6-21-22(13-19)32-17-31-21)27-20-5-7-23(26-15-20)29-10-2-9-28(11-12-29)16-18-3-1-8-25-14-18/h1,3-8,13-15H,2,9-12,16-17H2,(H,27,30). The molecule has 0 aliphatic carbocycles. The van der Waals surface area contributed by atoms with Gasteiger partial charge in [0, 0.05) is 50.7 Å². The van der Waals surface area contributed by atoms with Crippen LogP contribution in [-0.2, 0) is 6.54 Å². The van der Waals surface area contributed by atoms with Crippen molar-refractivity contribution >= 4 is 17.4 Å². The largest absolute Gasteiger partial charge is 0.454 e. The van der Waals surface area contributed by atoms with Crippen molar-refractivity contribution in [1.82, 2.24) is 14.9 Å². The van der Waals surface area contributed by atoms with Gasteiger partial charge in [-0.05, 0) is 48.4 Å². The third kappa shape index (κ3) is 4.65. The van der Waals surface area contributed by atoms with Gasteiger partial charge >= 0.3 is 0 Å². The van der Waals surface area contributed by atoms with E-state index in [1.165, 1.54) is 5.56 Å². The lowest BCUT2D eigenvalue weighted by Crippen LogP contribution is -2.31. The zero-order valence-corrected chi connectivity index (χ0v) is 17.7. The fourth-order valence-electron chi connectivity index (χ4n) is 4.00. The molecule has 2 aliphatic heterocycles. The van der Waals surface area contributed by atoms with Crippen molar-refractivity contribution < 1.29 is 14.3 Å². The zero-order valence-electron chi connectivity index (χ0n) is 17.7. The molecule has 8 heteroatoms. The van der Waals surface area contributed by atoms with E-state index < -0.39 is 0 Å². The van der Waals surface area contributed by atoms with Crippen LogP contribution in [0, 0.1) is 0 Å². The second kappa shape index (κ2) is 9.23. The van der Waals surface area contributed by atoms with Crippen LogP contribution < -0.4 is 19.7 Å². The van der Waals surface area contributed by atoms with E-state index in [-0.39, 0.29) is 12.7 Å². The van der Waals surface area contributed by atoms with Gasteiger partial charge in [0.2, 0.25) is 6.79 Å². The summed E-state index contributed by atoms with van der Waals surface area (Å²) in [5.41, 5.74) is 2.41. The Bertz CT molecular complexity index is 1070. The van der Waals surface area contributed by atoms with Crippen LogP contribution in [0.2, 0.25) is 0 Å². The number of pyridine rings is 2.